The molecule has 2 aromatic carbocycles. The number of rotatable bonds is 5. The number of hydrogen-bond donors (Lipinski definition) is 1. The minimum atomic E-state index is -3.51. The third kappa shape index (κ3) is 4.41. The molecule has 0 saturated carbocycles. The molecule has 166 valence electrons. The first-order valence-electron chi connectivity index (χ1n) is 10.8. The van der Waals surface area contributed by atoms with Gasteiger partial charge in [0.1, 0.15) is 5.75 Å². The van der Waals surface area contributed by atoms with Gasteiger partial charge < -0.3 is 10.1 Å². The van der Waals surface area contributed by atoms with Crippen LogP contribution in [0.15, 0.2) is 47.4 Å². The molecule has 2 aromatic rings. The van der Waals surface area contributed by atoms with Crippen molar-refractivity contribution in [3.63, 3.8) is 0 Å². The van der Waals surface area contributed by atoms with Gasteiger partial charge in [0.05, 0.1) is 17.2 Å². The predicted octanol–water partition coefficient (Wildman–Crippen LogP) is 4.10. The average Bonchev–Trinajstić information content (AvgIpc) is 3.19. The first kappa shape index (κ1) is 21.6. The lowest BCUT2D eigenvalue weighted by molar-refractivity contribution is 0.257. The number of amides is 2. The van der Waals surface area contributed by atoms with Crippen molar-refractivity contribution in [2.45, 2.75) is 38.0 Å². The molecule has 0 aliphatic carbocycles. The summed E-state index contributed by atoms with van der Waals surface area (Å²) >= 11 is 0. The lowest BCUT2D eigenvalue weighted by Gasteiger charge is -2.29. The van der Waals surface area contributed by atoms with Crippen molar-refractivity contribution in [1.82, 2.24) is 4.31 Å². The van der Waals surface area contributed by atoms with E-state index in [-0.39, 0.29) is 6.03 Å². The van der Waals surface area contributed by atoms with Gasteiger partial charge in [-0.1, -0.05) is 19.1 Å². The van der Waals surface area contributed by atoms with Crippen LogP contribution in [0.3, 0.4) is 0 Å². The summed E-state index contributed by atoms with van der Waals surface area (Å²) in [4.78, 5) is 14.9. The van der Waals surface area contributed by atoms with Crippen LogP contribution in [-0.4, -0.2) is 45.0 Å². The number of piperidine rings is 1. The van der Waals surface area contributed by atoms with E-state index in [1.165, 1.54) is 0 Å². The fraction of sp³-hybridized carbons (Fsp3) is 0.435. The van der Waals surface area contributed by atoms with E-state index >= 15 is 0 Å². The monoisotopic (exact) mass is 443 g/mol. The van der Waals surface area contributed by atoms with Crippen LogP contribution in [0.25, 0.3) is 0 Å². The molecular weight excluding hydrogens is 414 g/mol. The van der Waals surface area contributed by atoms with E-state index < -0.39 is 10.0 Å². The van der Waals surface area contributed by atoms with E-state index in [1.807, 2.05) is 25.1 Å². The first-order valence-corrected chi connectivity index (χ1v) is 12.3. The van der Waals surface area contributed by atoms with Crippen LogP contribution >= 0.6 is 0 Å². The number of para-hydroxylation sites is 2. The van der Waals surface area contributed by atoms with Crippen molar-refractivity contribution < 1.29 is 17.9 Å². The molecule has 2 aliphatic rings. The normalized spacial score (nSPS) is 17.4. The quantitative estimate of drug-likeness (QED) is 0.755. The molecule has 0 bridgehead atoms. The summed E-state index contributed by atoms with van der Waals surface area (Å²) in [5, 5.41) is 2.91. The number of anilines is 2. The molecule has 0 atom stereocenters. The third-order valence-corrected chi connectivity index (χ3v) is 7.90. The Kier molecular flexibility index (Phi) is 6.20. The summed E-state index contributed by atoms with van der Waals surface area (Å²) in [6, 6.07) is 12.1. The van der Waals surface area contributed by atoms with Crippen molar-refractivity contribution >= 4 is 27.4 Å². The van der Waals surface area contributed by atoms with E-state index in [9.17, 15) is 13.2 Å². The van der Waals surface area contributed by atoms with Gasteiger partial charge in [0.2, 0.25) is 10.0 Å². The molecule has 2 aliphatic heterocycles. The van der Waals surface area contributed by atoms with Crippen LogP contribution in [0.4, 0.5) is 16.2 Å². The molecule has 0 radical (unpaired) electrons. The summed E-state index contributed by atoms with van der Waals surface area (Å²) in [7, 11) is -3.51. The maximum absolute atomic E-state index is 13.1. The minimum Gasteiger partial charge on any atom is -0.492 e. The van der Waals surface area contributed by atoms with Crippen molar-refractivity contribution in [2.75, 3.05) is 36.5 Å². The molecule has 1 fully saturated rings. The van der Waals surface area contributed by atoms with Crippen LogP contribution < -0.4 is 15.0 Å². The lowest BCUT2D eigenvalue weighted by atomic mass is 10.0. The Bertz CT molecular complexity index is 1060. The second-order valence-electron chi connectivity index (χ2n) is 8.14. The Balaban J connectivity index is 1.52. The first-order chi connectivity index (χ1) is 14.9. The topological polar surface area (TPSA) is 79.0 Å². The smallest absolute Gasteiger partial charge is 0.326 e. The van der Waals surface area contributed by atoms with Crippen molar-refractivity contribution in [2.24, 2.45) is 5.92 Å². The molecular formula is C23H29N3O4S. The van der Waals surface area contributed by atoms with Crippen LogP contribution in [0.5, 0.6) is 5.75 Å². The molecule has 2 heterocycles. The summed E-state index contributed by atoms with van der Waals surface area (Å²) in [6.45, 7) is 6.19. The van der Waals surface area contributed by atoms with Crippen LogP contribution in [0, 0.1) is 5.92 Å². The van der Waals surface area contributed by atoms with Crippen LogP contribution in [0.1, 0.15) is 32.3 Å². The predicted molar refractivity (Wildman–Crippen MR) is 121 cm³/mol. The molecule has 0 aromatic heterocycles. The summed E-state index contributed by atoms with van der Waals surface area (Å²) in [6.07, 6.45) is 2.40. The van der Waals surface area contributed by atoms with Crippen molar-refractivity contribution in [3.05, 3.63) is 48.0 Å². The number of sulfonamides is 1. The number of nitrogens with one attached hydrogen (secondary N) is 1. The molecule has 31 heavy (non-hydrogen) atoms. The second-order valence-corrected chi connectivity index (χ2v) is 10.1. The van der Waals surface area contributed by atoms with E-state index in [1.54, 1.807) is 33.5 Å². The zero-order chi connectivity index (χ0) is 22.0. The lowest BCUT2D eigenvalue weighted by Crippen LogP contribution is -2.37. The number of urea groups is 1. The van der Waals surface area contributed by atoms with Gasteiger partial charge >= 0.3 is 6.03 Å². The number of benzene rings is 2. The molecule has 8 heteroatoms. The third-order valence-electron chi connectivity index (χ3n) is 6.00. The highest BCUT2D eigenvalue weighted by Gasteiger charge is 2.31. The van der Waals surface area contributed by atoms with E-state index in [0.717, 1.165) is 24.1 Å². The summed E-state index contributed by atoms with van der Waals surface area (Å²) in [5.74, 6) is 1.18. The van der Waals surface area contributed by atoms with Gasteiger partial charge in [0.15, 0.2) is 0 Å². The summed E-state index contributed by atoms with van der Waals surface area (Å²) < 4.78 is 33.3. The highest BCUT2D eigenvalue weighted by molar-refractivity contribution is 7.89. The number of hydrogen-bond acceptors (Lipinski definition) is 4. The Hall–Kier alpha value is -2.58. The molecule has 1 N–H and O–H groups in total. The van der Waals surface area contributed by atoms with Gasteiger partial charge in [0, 0.05) is 25.3 Å². The summed E-state index contributed by atoms with van der Waals surface area (Å²) in [5.41, 5.74) is 2.23. The van der Waals surface area contributed by atoms with E-state index in [0.29, 0.717) is 54.9 Å². The molecule has 0 unspecified atom stereocenters. The van der Waals surface area contributed by atoms with E-state index in [4.69, 9.17) is 4.74 Å². The fourth-order valence-corrected chi connectivity index (χ4v) is 5.68. The van der Waals surface area contributed by atoms with Crippen LogP contribution in [0.2, 0.25) is 0 Å². The highest BCUT2D eigenvalue weighted by atomic mass is 32.2. The van der Waals surface area contributed by atoms with Gasteiger partial charge in [-0.25, -0.2) is 13.2 Å². The van der Waals surface area contributed by atoms with Gasteiger partial charge in [-0.05, 0) is 68.0 Å². The average molecular weight is 444 g/mol. The number of fused-ring (bicyclic) bond motifs is 1. The molecule has 1 saturated heterocycles. The maximum atomic E-state index is 13.1. The number of carbonyl (C=O) groups excluding carboxylic acids is 1. The largest absolute Gasteiger partial charge is 0.492 e. The number of ether oxygens (including phenoxy) is 1. The standard InChI is InChI=1S/C23H29N3O4S/c1-3-30-22-7-5-4-6-20(22)24-23(27)26-15-12-18-16-19(8-9-21(18)26)31(28,29)25-13-10-17(2)11-14-25/h4-9,16-17H,3,10-15H2,1-2H3,(H,24,27). The molecule has 2 amide bonds. The van der Waals surface area contributed by atoms with Crippen molar-refractivity contribution in [1.29, 1.82) is 0 Å². The van der Waals surface area contributed by atoms with Crippen LogP contribution in [-0.2, 0) is 16.4 Å². The molecule has 7 nitrogen and oxygen atoms in total. The molecule has 0 spiro atoms. The zero-order valence-electron chi connectivity index (χ0n) is 18.0. The zero-order valence-corrected chi connectivity index (χ0v) is 18.8. The Morgan fingerprint density at radius 1 is 1.13 bits per heavy atom. The maximum Gasteiger partial charge on any atom is 0.326 e. The van der Waals surface area contributed by atoms with Gasteiger partial charge in [-0.15, -0.1) is 0 Å². The SMILES string of the molecule is CCOc1ccccc1NC(=O)N1CCc2cc(S(=O)(=O)N3CCC(C)CC3)ccc21. The van der Waals surface area contributed by atoms with Crippen molar-refractivity contribution in [3.8, 4) is 5.75 Å². The Morgan fingerprint density at radius 2 is 1.87 bits per heavy atom. The van der Waals surface area contributed by atoms with Gasteiger partial charge in [-0.2, -0.15) is 4.31 Å². The molecule has 4 rings (SSSR count). The fourth-order valence-electron chi connectivity index (χ4n) is 4.16. The minimum absolute atomic E-state index is 0.258. The second kappa shape index (κ2) is 8.88. The van der Waals surface area contributed by atoms with Gasteiger partial charge in [0.25, 0.3) is 0 Å². The Morgan fingerprint density at radius 3 is 2.61 bits per heavy atom. The van der Waals surface area contributed by atoms with E-state index in [2.05, 4.69) is 12.2 Å². The number of nitrogens with zero attached hydrogens (tertiary/aromatic N) is 2. The number of carbonyl (C=O) groups is 1. The Labute approximate surface area is 184 Å². The van der Waals surface area contributed by atoms with Gasteiger partial charge in [-0.3, -0.25) is 4.90 Å². The highest BCUT2D eigenvalue weighted by Crippen LogP contribution is 2.33.